The highest BCUT2D eigenvalue weighted by Crippen LogP contribution is 1.91. The number of ether oxygens (including phenoxy) is 2. The van der Waals surface area contributed by atoms with Crippen LogP contribution in [0.15, 0.2) is 25.3 Å². The van der Waals surface area contributed by atoms with Crippen LogP contribution in [0.5, 0.6) is 0 Å². The minimum absolute atomic E-state index is 0.0992. The van der Waals surface area contributed by atoms with Crippen molar-refractivity contribution < 1.29 is 23.9 Å². The Hall–Kier alpha value is -2.11. The van der Waals surface area contributed by atoms with E-state index in [1.54, 1.807) is 0 Å². The highest BCUT2D eigenvalue weighted by molar-refractivity contribution is 5.81. The third-order valence-corrected chi connectivity index (χ3v) is 1.79. The van der Waals surface area contributed by atoms with Gasteiger partial charge >= 0.3 is 11.9 Å². The fourth-order valence-electron chi connectivity index (χ4n) is 0.954. The normalized spacial score (nSPS) is 9.11. The first kappa shape index (κ1) is 15.9. The second-order valence-corrected chi connectivity index (χ2v) is 3.20. The van der Waals surface area contributed by atoms with E-state index in [1.807, 2.05) is 0 Å². The molecule has 0 aliphatic rings. The summed E-state index contributed by atoms with van der Waals surface area (Å²) in [6, 6.07) is 0. The second-order valence-electron chi connectivity index (χ2n) is 3.20. The fourth-order valence-corrected chi connectivity index (χ4v) is 0.954. The van der Waals surface area contributed by atoms with Crippen molar-refractivity contribution in [2.45, 2.75) is 12.8 Å². The predicted molar refractivity (Wildman–Crippen MR) is 64.6 cm³/mol. The van der Waals surface area contributed by atoms with Gasteiger partial charge in [0.2, 0.25) is 5.91 Å². The van der Waals surface area contributed by atoms with Crippen molar-refractivity contribution in [2.75, 3.05) is 19.8 Å². The van der Waals surface area contributed by atoms with E-state index in [2.05, 4.69) is 23.2 Å². The molecule has 0 unspecified atom stereocenters. The first-order chi connectivity index (χ1) is 8.60. The summed E-state index contributed by atoms with van der Waals surface area (Å²) >= 11 is 0. The third kappa shape index (κ3) is 9.14. The van der Waals surface area contributed by atoms with Gasteiger partial charge in [0, 0.05) is 18.6 Å². The van der Waals surface area contributed by atoms with Gasteiger partial charge in [0.25, 0.3) is 0 Å². The Labute approximate surface area is 106 Å². The summed E-state index contributed by atoms with van der Waals surface area (Å²) in [5.41, 5.74) is 0. The van der Waals surface area contributed by atoms with Gasteiger partial charge in [-0.25, -0.2) is 9.59 Å². The average Bonchev–Trinajstić information content (AvgIpc) is 2.38. The molecule has 0 aromatic rings. The van der Waals surface area contributed by atoms with Gasteiger partial charge in [-0.15, -0.1) is 0 Å². The number of esters is 2. The first-order valence-electron chi connectivity index (χ1n) is 5.45. The molecule has 0 bridgehead atoms. The van der Waals surface area contributed by atoms with Crippen LogP contribution in [0.3, 0.4) is 0 Å². The van der Waals surface area contributed by atoms with E-state index in [0.29, 0.717) is 6.42 Å². The number of amides is 1. The Morgan fingerprint density at radius 3 is 2.11 bits per heavy atom. The molecule has 0 spiro atoms. The van der Waals surface area contributed by atoms with Crippen LogP contribution in [0.2, 0.25) is 0 Å². The van der Waals surface area contributed by atoms with Crippen molar-refractivity contribution in [1.29, 1.82) is 0 Å². The summed E-state index contributed by atoms with van der Waals surface area (Å²) in [5.74, 6) is -1.23. The Morgan fingerprint density at radius 1 is 1.00 bits per heavy atom. The Bertz CT molecular complexity index is 294. The van der Waals surface area contributed by atoms with E-state index in [0.717, 1.165) is 12.2 Å². The van der Waals surface area contributed by atoms with Gasteiger partial charge in [-0.1, -0.05) is 13.2 Å². The van der Waals surface area contributed by atoms with E-state index in [-0.39, 0.29) is 32.1 Å². The standard InChI is InChI=1S/C12H17NO5/c1-3-11(15)17-8-5-6-10(14)13-7-9-18-12(16)4-2/h3-4H,1-2,5-9H2,(H,13,14). The first-order valence-corrected chi connectivity index (χ1v) is 5.45. The Balaban J connectivity index is 3.43. The maximum atomic E-state index is 11.2. The quantitative estimate of drug-likeness (QED) is 0.365. The second kappa shape index (κ2) is 10.1. The molecule has 6 nitrogen and oxygen atoms in total. The lowest BCUT2D eigenvalue weighted by Crippen LogP contribution is -2.27. The zero-order valence-corrected chi connectivity index (χ0v) is 10.1. The summed E-state index contributed by atoms with van der Waals surface area (Å²) in [7, 11) is 0. The fraction of sp³-hybridized carbons (Fsp3) is 0.417. The molecule has 0 rings (SSSR count). The SMILES string of the molecule is C=CC(=O)OCCCC(=O)NCCOC(=O)C=C. The monoisotopic (exact) mass is 255 g/mol. The van der Waals surface area contributed by atoms with Gasteiger partial charge < -0.3 is 14.8 Å². The topological polar surface area (TPSA) is 81.7 Å². The number of rotatable bonds is 9. The van der Waals surface area contributed by atoms with E-state index in [9.17, 15) is 14.4 Å². The zero-order valence-electron chi connectivity index (χ0n) is 10.1. The van der Waals surface area contributed by atoms with Crippen molar-refractivity contribution >= 4 is 17.8 Å². The minimum atomic E-state index is -0.527. The van der Waals surface area contributed by atoms with Crippen LogP contribution in [-0.2, 0) is 23.9 Å². The van der Waals surface area contributed by atoms with Crippen LogP contribution < -0.4 is 5.32 Å². The molecule has 18 heavy (non-hydrogen) atoms. The molecule has 1 amide bonds. The lowest BCUT2D eigenvalue weighted by Gasteiger charge is -2.05. The molecule has 0 radical (unpaired) electrons. The van der Waals surface area contributed by atoms with Gasteiger partial charge in [0.15, 0.2) is 0 Å². The van der Waals surface area contributed by atoms with Crippen molar-refractivity contribution in [3.8, 4) is 0 Å². The van der Waals surface area contributed by atoms with Gasteiger partial charge in [0.1, 0.15) is 6.61 Å². The summed E-state index contributed by atoms with van der Waals surface area (Å²) in [5, 5.41) is 2.55. The summed E-state index contributed by atoms with van der Waals surface area (Å²) in [6.45, 7) is 6.99. The molecule has 0 heterocycles. The smallest absolute Gasteiger partial charge is 0.330 e. The highest BCUT2D eigenvalue weighted by Gasteiger charge is 2.02. The summed E-state index contributed by atoms with van der Waals surface area (Å²) in [4.78, 5) is 32.6. The lowest BCUT2D eigenvalue weighted by molar-refractivity contribution is -0.138. The lowest BCUT2D eigenvalue weighted by atomic mass is 10.3. The molecule has 0 aliphatic carbocycles. The molecule has 100 valence electrons. The van der Waals surface area contributed by atoms with E-state index in [1.165, 1.54) is 0 Å². The summed E-state index contributed by atoms with van der Waals surface area (Å²) in [6.07, 6.45) is 2.78. The van der Waals surface area contributed by atoms with Crippen molar-refractivity contribution in [3.63, 3.8) is 0 Å². The van der Waals surface area contributed by atoms with Gasteiger partial charge in [-0.05, 0) is 6.42 Å². The van der Waals surface area contributed by atoms with Crippen molar-refractivity contribution in [3.05, 3.63) is 25.3 Å². The Kier molecular flexibility index (Phi) is 8.89. The minimum Gasteiger partial charge on any atom is -0.463 e. The molecule has 0 aromatic heterocycles. The molecule has 0 saturated carbocycles. The van der Waals surface area contributed by atoms with E-state index >= 15 is 0 Å². The number of carbonyl (C=O) groups excluding carboxylic acids is 3. The average molecular weight is 255 g/mol. The predicted octanol–water partition coefficient (Wildman–Crippen LogP) is 0.341. The van der Waals surface area contributed by atoms with Crippen LogP contribution >= 0.6 is 0 Å². The maximum Gasteiger partial charge on any atom is 0.330 e. The number of hydrogen-bond donors (Lipinski definition) is 1. The third-order valence-electron chi connectivity index (χ3n) is 1.79. The molecular formula is C12H17NO5. The highest BCUT2D eigenvalue weighted by atomic mass is 16.5. The number of carbonyl (C=O) groups is 3. The Morgan fingerprint density at radius 2 is 1.56 bits per heavy atom. The molecular weight excluding hydrogens is 238 g/mol. The van der Waals surface area contributed by atoms with Gasteiger partial charge in [0.05, 0.1) is 13.2 Å². The maximum absolute atomic E-state index is 11.2. The van der Waals surface area contributed by atoms with Crippen LogP contribution in [0.25, 0.3) is 0 Å². The molecule has 0 aromatic carbocycles. The molecule has 0 saturated heterocycles. The van der Waals surface area contributed by atoms with E-state index < -0.39 is 11.9 Å². The molecule has 0 fully saturated rings. The molecule has 6 heteroatoms. The van der Waals surface area contributed by atoms with Crippen LogP contribution in [0, 0.1) is 0 Å². The van der Waals surface area contributed by atoms with Gasteiger partial charge in [-0.3, -0.25) is 4.79 Å². The number of nitrogens with one attached hydrogen (secondary N) is 1. The molecule has 0 aliphatic heterocycles. The van der Waals surface area contributed by atoms with Crippen molar-refractivity contribution in [1.82, 2.24) is 5.32 Å². The largest absolute Gasteiger partial charge is 0.463 e. The molecule has 0 atom stereocenters. The van der Waals surface area contributed by atoms with E-state index in [4.69, 9.17) is 4.74 Å². The van der Waals surface area contributed by atoms with Gasteiger partial charge in [-0.2, -0.15) is 0 Å². The summed E-state index contributed by atoms with van der Waals surface area (Å²) < 4.78 is 9.36. The van der Waals surface area contributed by atoms with Crippen molar-refractivity contribution in [2.24, 2.45) is 0 Å². The molecule has 1 N–H and O–H groups in total. The van der Waals surface area contributed by atoms with Crippen LogP contribution in [0.1, 0.15) is 12.8 Å². The number of hydrogen-bond acceptors (Lipinski definition) is 5. The van der Waals surface area contributed by atoms with Crippen LogP contribution in [0.4, 0.5) is 0 Å². The zero-order chi connectivity index (χ0) is 13.8. The van der Waals surface area contributed by atoms with Crippen LogP contribution in [-0.4, -0.2) is 37.6 Å².